The largest absolute Gasteiger partial charge is 0.383 e. The van der Waals surface area contributed by atoms with E-state index >= 15 is 0 Å². The molecule has 39 heavy (non-hydrogen) atoms. The van der Waals surface area contributed by atoms with Gasteiger partial charge in [0.1, 0.15) is 0 Å². The minimum absolute atomic E-state index is 0.0913. The molecule has 2 aromatic heterocycles. The summed E-state index contributed by atoms with van der Waals surface area (Å²) in [6, 6.07) is 15.7. The molecule has 0 aliphatic heterocycles. The van der Waals surface area contributed by atoms with E-state index in [1.54, 1.807) is 11.1 Å². The number of hydrogen-bond acceptors (Lipinski definition) is 8. The fourth-order valence-corrected chi connectivity index (χ4v) is 6.71. The Kier molecular flexibility index (Phi) is 9.41. The van der Waals surface area contributed by atoms with Gasteiger partial charge in [-0.3, -0.25) is 14.7 Å². The van der Waals surface area contributed by atoms with Crippen LogP contribution in [0.5, 0.6) is 0 Å². The Labute approximate surface area is 233 Å². The van der Waals surface area contributed by atoms with E-state index in [1.165, 1.54) is 54.1 Å². The van der Waals surface area contributed by atoms with Crippen molar-refractivity contribution >= 4 is 42.6 Å². The Morgan fingerprint density at radius 1 is 0.974 bits per heavy atom. The second-order valence-electron chi connectivity index (χ2n) is 9.05. The Balaban J connectivity index is 1.67. The Bertz CT molecular complexity index is 1520. The lowest BCUT2D eigenvalue weighted by molar-refractivity contribution is 0.0984. The van der Waals surface area contributed by atoms with Crippen LogP contribution in [-0.2, 0) is 26.0 Å². The van der Waals surface area contributed by atoms with Gasteiger partial charge in [0, 0.05) is 39.1 Å². The highest BCUT2D eigenvalue weighted by Crippen LogP contribution is 2.33. The van der Waals surface area contributed by atoms with Gasteiger partial charge in [0.2, 0.25) is 10.0 Å². The zero-order valence-electron chi connectivity index (χ0n) is 22.5. The van der Waals surface area contributed by atoms with Crippen molar-refractivity contribution in [2.75, 3.05) is 45.4 Å². The number of nitrogens with zero attached hydrogens (tertiary/aromatic N) is 4. The van der Waals surface area contributed by atoms with Crippen molar-refractivity contribution in [3.63, 3.8) is 0 Å². The third-order valence-corrected chi connectivity index (χ3v) is 9.11. The highest BCUT2D eigenvalue weighted by Gasteiger charge is 2.26. The van der Waals surface area contributed by atoms with Crippen molar-refractivity contribution in [3.05, 3.63) is 83.2 Å². The van der Waals surface area contributed by atoms with Gasteiger partial charge in [-0.1, -0.05) is 23.5 Å². The molecule has 206 valence electrons. The van der Waals surface area contributed by atoms with Crippen LogP contribution >= 0.6 is 11.3 Å². The molecule has 0 saturated heterocycles. The van der Waals surface area contributed by atoms with E-state index in [9.17, 15) is 13.2 Å². The summed E-state index contributed by atoms with van der Waals surface area (Å²) in [6.07, 6.45) is 1.68. The summed E-state index contributed by atoms with van der Waals surface area (Å²) in [5.41, 5.74) is 4.08. The highest BCUT2D eigenvalue weighted by atomic mass is 32.2. The number of anilines is 1. The molecule has 0 fully saturated rings. The first-order valence-corrected chi connectivity index (χ1v) is 14.7. The van der Waals surface area contributed by atoms with Gasteiger partial charge in [-0.2, -0.15) is 4.31 Å². The number of hydrogen-bond donors (Lipinski definition) is 0. The Hall–Kier alpha value is -3.22. The number of carbonyl (C=O) groups excluding carboxylic acids is 1. The zero-order valence-corrected chi connectivity index (χ0v) is 24.1. The van der Waals surface area contributed by atoms with Crippen molar-refractivity contribution in [1.29, 1.82) is 0 Å². The number of thiazole rings is 1. The van der Waals surface area contributed by atoms with Gasteiger partial charge in [0.25, 0.3) is 5.91 Å². The maximum absolute atomic E-state index is 13.8. The third kappa shape index (κ3) is 6.68. The average molecular weight is 569 g/mol. The molecule has 4 aromatic rings. The number of ether oxygens (including phenoxy) is 2. The van der Waals surface area contributed by atoms with Crippen LogP contribution in [0, 0.1) is 13.8 Å². The molecule has 4 rings (SSSR count). The fraction of sp³-hybridized carbons (Fsp3) is 0.321. The molecule has 0 aliphatic rings. The molecule has 1 amide bonds. The molecule has 0 atom stereocenters. The first kappa shape index (κ1) is 28.8. The van der Waals surface area contributed by atoms with Crippen LogP contribution in [0.25, 0.3) is 10.2 Å². The smallest absolute Gasteiger partial charge is 0.260 e. The van der Waals surface area contributed by atoms with Crippen molar-refractivity contribution in [2.45, 2.75) is 25.3 Å². The highest BCUT2D eigenvalue weighted by molar-refractivity contribution is 7.89. The van der Waals surface area contributed by atoms with Crippen molar-refractivity contribution in [2.24, 2.45) is 0 Å². The van der Waals surface area contributed by atoms with Crippen molar-refractivity contribution < 1.29 is 22.7 Å². The number of rotatable bonds is 12. The number of sulfonamides is 1. The summed E-state index contributed by atoms with van der Waals surface area (Å²) in [6.45, 7) is 5.15. The van der Waals surface area contributed by atoms with Crippen LogP contribution in [0.15, 0.2) is 65.7 Å². The standard InChI is InChI=1S/C28H32N4O5S2/c1-20-17-21(2)26-25(18-20)38-28(30-26)32(19-23-7-5-6-12-29-23)27(33)22-8-10-24(11-9-22)39(34,35)31(13-15-36-3)14-16-37-4/h5-12,17-18H,13-16,19H2,1-4H3. The first-order chi connectivity index (χ1) is 18.7. The SMILES string of the molecule is COCCN(CCOC)S(=O)(=O)c1ccc(C(=O)N(Cc2ccccn2)c2nc3c(C)cc(C)cc3s2)cc1. The molecule has 0 spiro atoms. The molecule has 0 N–H and O–H groups in total. The predicted octanol–water partition coefficient (Wildman–Crippen LogP) is 4.44. The third-order valence-electron chi connectivity index (χ3n) is 6.17. The zero-order chi connectivity index (χ0) is 28.0. The molecule has 2 heterocycles. The number of pyridine rings is 1. The lowest BCUT2D eigenvalue weighted by Gasteiger charge is -2.22. The minimum atomic E-state index is -3.81. The number of aromatic nitrogens is 2. The molecule has 2 aromatic carbocycles. The van der Waals surface area contributed by atoms with Gasteiger partial charge < -0.3 is 9.47 Å². The topological polar surface area (TPSA) is 102 Å². The van der Waals surface area contributed by atoms with Crippen LogP contribution in [0.2, 0.25) is 0 Å². The summed E-state index contributed by atoms with van der Waals surface area (Å²) in [4.78, 5) is 24.7. The number of methoxy groups -OCH3 is 2. The maximum Gasteiger partial charge on any atom is 0.260 e. The first-order valence-electron chi connectivity index (χ1n) is 12.4. The second-order valence-corrected chi connectivity index (χ2v) is 12.0. The minimum Gasteiger partial charge on any atom is -0.383 e. The quantitative estimate of drug-likeness (QED) is 0.249. The monoisotopic (exact) mass is 568 g/mol. The number of amides is 1. The summed E-state index contributed by atoms with van der Waals surface area (Å²) in [5, 5.41) is 0.552. The summed E-state index contributed by atoms with van der Waals surface area (Å²) < 4.78 is 39.0. The molecule has 0 unspecified atom stereocenters. The summed E-state index contributed by atoms with van der Waals surface area (Å²) in [5.74, 6) is -0.298. The van der Waals surface area contributed by atoms with Crippen molar-refractivity contribution in [3.8, 4) is 0 Å². The molecule has 9 nitrogen and oxygen atoms in total. The van der Waals surface area contributed by atoms with Gasteiger partial charge in [-0.15, -0.1) is 0 Å². The molecule has 11 heteroatoms. The Morgan fingerprint density at radius 3 is 2.28 bits per heavy atom. The molecular weight excluding hydrogens is 536 g/mol. The summed E-state index contributed by atoms with van der Waals surface area (Å²) >= 11 is 1.44. The lowest BCUT2D eigenvalue weighted by Crippen LogP contribution is -2.36. The van der Waals surface area contributed by atoms with Crippen LogP contribution in [-0.4, -0.2) is 69.1 Å². The van der Waals surface area contributed by atoms with Crippen LogP contribution < -0.4 is 4.90 Å². The van der Waals surface area contributed by atoms with E-state index in [1.807, 2.05) is 32.0 Å². The van der Waals surface area contributed by atoms with Gasteiger partial charge >= 0.3 is 0 Å². The molecule has 0 radical (unpaired) electrons. The predicted molar refractivity (Wildman–Crippen MR) is 153 cm³/mol. The lowest BCUT2D eigenvalue weighted by atomic mass is 10.1. The number of aryl methyl sites for hydroxylation is 2. The van der Waals surface area contributed by atoms with E-state index < -0.39 is 10.0 Å². The van der Waals surface area contributed by atoms with Crippen LogP contribution in [0.1, 0.15) is 27.2 Å². The van der Waals surface area contributed by atoms with E-state index in [-0.39, 0.29) is 43.7 Å². The van der Waals surface area contributed by atoms with E-state index in [2.05, 4.69) is 17.1 Å². The number of fused-ring (bicyclic) bond motifs is 1. The number of benzene rings is 2. The van der Waals surface area contributed by atoms with Crippen molar-refractivity contribution in [1.82, 2.24) is 14.3 Å². The maximum atomic E-state index is 13.8. The molecular formula is C28H32N4O5S2. The average Bonchev–Trinajstić information content (AvgIpc) is 3.36. The van der Waals surface area contributed by atoms with Crippen LogP contribution in [0.3, 0.4) is 0 Å². The van der Waals surface area contributed by atoms with E-state index in [0.29, 0.717) is 16.4 Å². The number of carbonyl (C=O) groups is 1. The van der Waals surface area contributed by atoms with Gasteiger partial charge in [0.15, 0.2) is 5.13 Å². The van der Waals surface area contributed by atoms with E-state index in [0.717, 1.165) is 21.3 Å². The second kappa shape index (κ2) is 12.8. The fourth-order valence-electron chi connectivity index (χ4n) is 4.17. The molecule has 0 saturated carbocycles. The molecule has 0 aliphatic carbocycles. The molecule has 0 bridgehead atoms. The van der Waals surface area contributed by atoms with Crippen LogP contribution in [0.4, 0.5) is 5.13 Å². The van der Waals surface area contributed by atoms with Gasteiger partial charge in [0.05, 0.1) is 40.6 Å². The van der Waals surface area contributed by atoms with Gasteiger partial charge in [-0.05, 0) is 67.4 Å². The van der Waals surface area contributed by atoms with E-state index in [4.69, 9.17) is 14.5 Å². The summed E-state index contributed by atoms with van der Waals surface area (Å²) in [7, 11) is -0.767. The Morgan fingerprint density at radius 2 is 1.67 bits per heavy atom. The van der Waals surface area contributed by atoms with Gasteiger partial charge in [-0.25, -0.2) is 13.4 Å². The normalized spacial score (nSPS) is 11.8.